The van der Waals surface area contributed by atoms with E-state index in [1.165, 1.54) is 19.3 Å². The topological polar surface area (TPSA) is 52.0 Å². The molecule has 1 fully saturated rings. The van der Waals surface area contributed by atoms with E-state index in [1.807, 2.05) is 17.9 Å². The van der Waals surface area contributed by atoms with Gasteiger partial charge in [-0.25, -0.2) is 4.68 Å². The molecule has 2 rings (SSSR count). The molecule has 3 atom stereocenters. The Kier molecular flexibility index (Phi) is 6.18. The Morgan fingerprint density at radius 2 is 2.24 bits per heavy atom. The minimum atomic E-state index is 0.411. The number of aromatic nitrogens is 3. The number of hydrogen-bond acceptors (Lipinski definition) is 4. The van der Waals surface area contributed by atoms with Gasteiger partial charge in [-0.3, -0.25) is 0 Å². The fraction of sp³-hybridized carbons (Fsp3) is 0.875. The first kappa shape index (κ1) is 16.4. The van der Waals surface area contributed by atoms with Gasteiger partial charge in [-0.2, -0.15) is 0 Å². The third-order valence-electron chi connectivity index (χ3n) is 4.56. The second-order valence-electron chi connectivity index (χ2n) is 6.74. The van der Waals surface area contributed by atoms with Crippen LogP contribution in [0.15, 0.2) is 6.20 Å². The van der Waals surface area contributed by atoms with Crippen LogP contribution in [0.4, 0.5) is 0 Å². The van der Waals surface area contributed by atoms with Gasteiger partial charge in [0.1, 0.15) is 0 Å². The number of rotatable bonds is 7. The third kappa shape index (κ3) is 4.78. The van der Waals surface area contributed by atoms with Crippen molar-refractivity contribution < 1.29 is 4.74 Å². The Morgan fingerprint density at radius 3 is 2.95 bits per heavy atom. The molecule has 1 aliphatic rings. The maximum Gasteiger partial charge on any atom is 0.0964 e. The Labute approximate surface area is 128 Å². The molecule has 0 aromatic carbocycles. The largest absolute Gasteiger partial charge is 0.376 e. The van der Waals surface area contributed by atoms with E-state index in [0.717, 1.165) is 31.3 Å². The van der Waals surface area contributed by atoms with Gasteiger partial charge in [0.15, 0.2) is 0 Å². The average molecular weight is 294 g/mol. The van der Waals surface area contributed by atoms with E-state index >= 15 is 0 Å². The highest BCUT2D eigenvalue weighted by Gasteiger charge is 2.31. The standard InChI is InChI=1S/C16H30N4O/c1-12(2)15-6-5-13(3)9-16(15)21-8-7-20-11-14(10-17-4)18-19-20/h11-13,15-17H,5-10H2,1-4H3. The predicted molar refractivity (Wildman–Crippen MR) is 83.9 cm³/mol. The maximum absolute atomic E-state index is 6.20. The van der Waals surface area contributed by atoms with E-state index in [4.69, 9.17) is 4.74 Å². The van der Waals surface area contributed by atoms with Gasteiger partial charge >= 0.3 is 0 Å². The molecule has 1 heterocycles. The molecule has 0 amide bonds. The first-order valence-corrected chi connectivity index (χ1v) is 8.25. The summed E-state index contributed by atoms with van der Waals surface area (Å²) in [5.41, 5.74) is 0.976. The van der Waals surface area contributed by atoms with Crippen molar-refractivity contribution in [3.05, 3.63) is 11.9 Å². The summed E-state index contributed by atoms with van der Waals surface area (Å²) in [5, 5.41) is 11.3. The average Bonchev–Trinajstić information content (AvgIpc) is 2.86. The molecule has 5 heteroatoms. The van der Waals surface area contributed by atoms with Crippen LogP contribution in [0.2, 0.25) is 0 Å². The summed E-state index contributed by atoms with van der Waals surface area (Å²) in [6.45, 7) is 9.25. The Bertz CT molecular complexity index is 418. The highest BCUT2D eigenvalue weighted by atomic mass is 16.5. The molecular formula is C16H30N4O. The van der Waals surface area contributed by atoms with Crippen molar-refractivity contribution in [3.63, 3.8) is 0 Å². The van der Waals surface area contributed by atoms with Crippen LogP contribution in [0.3, 0.4) is 0 Å². The van der Waals surface area contributed by atoms with E-state index in [2.05, 4.69) is 36.4 Å². The van der Waals surface area contributed by atoms with Crippen molar-refractivity contribution in [2.45, 2.75) is 59.2 Å². The lowest BCUT2D eigenvalue weighted by atomic mass is 9.75. The molecule has 0 aliphatic heterocycles. The zero-order valence-electron chi connectivity index (χ0n) is 13.9. The van der Waals surface area contributed by atoms with E-state index in [9.17, 15) is 0 Å². The summed E-state index contributed by atoms with van der Waals surface area (Å²) in [6, 6.07) is 0. The molecule has 21 heavy (non-hydrogen) atoms. The molecule has 0 spiro atoms. The zero-order chi connectivity index (χ0) is 15.2. The summed E-state index contributed by atoms with van der Waals surface area (Å²) in [7, 11) is 1.92. The molecule has 5 nitrogen and oxygen atoms in total. The summed E-state index contributed by atoms with van der Waals surface area (Å²) in [5.74, 6) is 2.20. The summed E-state index contributed by atoms with van der Waals surface area (Å²) in [6.07, 6.45) is 6.25. The van der Waals surface area contributed by atoms with Crippen LogP contribution in [0.5, 0.6) is 0 Å². The predicted octanol–water partition coefficient (Wildman–Crippen LogP) is 2.47. The fourth-order valence-electron chi connectivity index (χ4n) is 3.31. The second-order valence-corrected chi connectivity index (χ2v) is 6.74. The molecule has 0 bridgehead atoms. The van der Waals surface area contributed by atoms with Crippen LogP contribution in [0, 0.1) is 17.8 Å². The van der Waals surface area contributed by atoms with E-state index in [1.54, 1.807) is 0 Å². The summed E-state index contributed by atoms with van der Waals surface area (Å²) < 4.78 is 8.07. The zero-order valence-corrected chi connectivity index (χ0v) is 13.9. The van der Waals surface area contributed by atoms with Crippen molar-refractivity contribution in [3.8, 4) is 0 Å². The van der Waals surface area contributed by atoms with Crippen molar-refractivity contribution in [1.29, 1.82) is 0 Å². The summed E-state index contributed by atoms with van der Waals surface area (Å²) in [4.78, 5) is 0. The molecule has 0 saturated heterocycles. The van der Waals surface area contributed by atoms with Crippen molar-refractivity contribution >= 4 is 0 Å². The molecule has 1 aliphatic carbocycles. The Balaban J connectivity index is 1.79. The lowest BCUT2D eigenvalue weighted by molar-refractivity contribution is -0.0416. The minimum absolute atomic E-state index is 0.411. The number of ether oxygens (including phenoxy) is 1. The molecule has 1 aromatic heterocycles. The van der Waals surface area contributed by atoms with E-state index in [-0.39, 0.29) is 0 Å². The van der Waals surface area contributed by atoms with Gasteiger partial charge in [-0.1, -0.05) is 32.4 Å². The van der Waals surface area contributed by atoms with Crippen molar-refractivity contribution in [2.75, 3.05) is 13.7 Å². The van der Waals surface area contributed by atoms with Gasteiger partial charge in [-0.05, 0) is 37.6 Å². The van der Waals surface area contributed by atoms with Crippen LogP contribution >= 0.6 is 0 Å². The Hall–Kier alpha value is -0.940. The molecule has 3 unspecified atom stereocenters. The molecular weight excluding hydrogens is 264 g/mol. The highest BCUT2D eigenvalue weighted by Crippen LogP contribution is 2.35. The molecule has 0 radical (unpaired) electrons. The lowest BCUT2D eigenvalue weighted by Crippen LogP contribution is -2.35. The fourth-order valence-corrected chi connectivity index (χ4v) is 3.31. The van der Waals surface area contributed by atoms with Crippen molar-refractivity contribution in [1.82, 2.24) is 20.3 Å². The molecule has 1 aromatic rings. The van der Waals surface area contributed by atoms with Gasteiger partial charge in [0.2, 0.25) is 0 Å². The first-order chi connectivity index (χ1) is 10.1. The van der Waals surface area contributed by atoms with Gasteiger partial charge in [-0.15, -0.1) is 5.10 Å². The highest BCUT2D eigenvalue weighted by molar-refractivity contribution is 4.91. The van der Waals surface area contributed by atoms with Crippen LogP contribution in [0.1, 0.15) is 45.7 Å². The normalized spacial score (nSPS) is 26.4. The molecule has 1 N–H and O–H groups in total. The summed E-state index contributed by atoms with van der Waals surface area (Å²) >= 11 is 0. The number of nitrogens with zero attached hydrogens (tertiary/aromatic N) is 3. The van der Waals surface area contributed by atoms with Crippen LogP contribution in [0.25, 0.3) is 0 Å². The van der Waals surface area contributed by atoms with Gasteiger partial charge in [0.25, 0.3) is 0 Å². The third-order valence-corrected chi connectivity index (χ3v) is 4.56. The van der Waals surface area contributed by atoms with Gasteiger partial charge in [0.05, 0.1) is 24.9 Å². The van der Waals surface area contributed by atoms with Gasteiger partial charge < -0.3 is 10.1 Å². The monoisotopic (exact) mass is 294 g/mol. The van der Waals surface area contributed by atoms with Crippen LogP contribution in [-0.4, -0.2) is 34.8 Å². The van der Waals surface area contributed by atoms with Crippen LogP contribution < -0.4 is 5.32 Å². The Morgan fingerprint density at radius 1 is 1.43 bits per heavy atom. The number of nitrogens with one attached hydrogen (secondary N) is 1. The SMILES string of the molecule is CNCc1cn(CCOC2CC(C)CCC2C(C)C)nn1. The smallest absolute Gasteiger partial charge is 0.0964 e. The van der Waals surface area contributed by atoms with Crippen molar-refractivity contribution in [2.24, 2.45) is 17.8 Å². The molecule has 120 valence electrons. The lowest BCUT2D eigenvalue weighted by Gasteiger charge is -2.37. The minimum Gasteiger partial charge on any atom is -0.376 e. The quantitative estimate of drug-likeness (QED) is 0.839. The second kappa shape index (κ2) is 7.90. The van der Waals surface area contributed by atoms with E-state index < -0.39 is 0 Å². The number of hydrogen-bond donors (Lipinski definition) is 1. The maximum atomic E-state index is 6.20. The van der Waals surface area contributed by atoms with E-state index in [0.29, 0.717) is 17.9 Å². The molecule has 1 saturated carbocycles. The first-order valence-electron chi connectivity index (χ1n) is 8.25. The van der Waals surface area contributed by atoms with Gasteiger partial charge in [0, 0.05) is 12.7 Å². The van der Waals surface area contributed by atoms with Crippen LogP contribution in [-0.2, 0) is 17.8 Å².